The summed E-state index contributed by atoms with van der Waals surface area (Å²) in [7, 11) is 0. The number of fused-ring (bicyclic) bond motifs is 2. The Bertz CT molecular complexity index is 2930. The molecule has 8 rings (SSSR count). The molecular formula is C49H44N8O6. The summed E-state index contributed by atoms with van der Waals surface area (Å²) in [6.07, 6.45) is 14.5. The van der Waals surface area contributed by atoms with E-state index in [1.54, 1.807) is 91.8 Å². The SMILES string of the molecule is CCOC(=O)C(CCC(=O)c1ncccc1C)C(=O)c1nc2ccccn2c1-c1ccncc1.Cc1cccnc1C(=O)CCCC(=O)c1nc2ccccn2c1-c1ccncc1. The Morgan fingerprint density at radius 2 is 1.03 bits per heavy atom. The number of carbonyl (C=O) groups is 5. The van der Waals surface area contributed by atoms with Gasteiger partial charge >= 0.3 is 5.97 Å². The molecule has 316 valence electrons. The maximum absolute atomic E-state index is 13.7. The number of aromatic nitrogens is 8. The van der Waals surface area contributed by atoms with Gasteiger partial charge in [-0.05, 0) is 105 Å². The van der Waals surface area contributed by atoms with Gasteiger partial charge in [0.15, 0.2) is 23.1 Å². The minimum absolute atomic E-state index is 0.00380. The van der Waals surface area contributed by atoms with E-state index in [2.05, 4.69) is 29.9 Å². The number of pyridine rings is 6. The van der Waals surface area contributed by atoms with Gasteiger partial charge in [-0.3, -0.25) is 52.7 Å². The fraction of sp³-hybridized carbons (Fsp3) is 0.204. The Morgan fingerprint density at radius 3 is 1.54 bits per heavy atom. The molecule has 0 saturated heterocycles. The van der Waals surface area contributed by atoms with Crippen molar-refractivity contribution in [1.82, 2.24) is 38.7 Å². The topological polar surface area (TPSA) is 181 Å². The van der Waals surface area contributed by atoms with Crippen molar-refractivity contribution in [1.29, 1.82) is 0 Å². The van der Waals surface area contributed by atoms with Crippen LogP contribution in [0.15, 0.2) is 135 Å². The number of hydrogen-bond donors (Lipinski definition) is 0. The van der Waals surface area contributed by atoms with Crippen LogP contribution in [-0.4, -0.2) is 74.4 Å². The molecule has 14 nitrogen and oxygen atoms in total. The van der Waals surface area contributed by atoms with Gasteiger partial charge in [0.2, 0.25) is 0 Å². The number of Topliss-reactive ketones (excluding diaryl/α,β-unsaturated/α-hetero) is 4. The molecule has 1 atom stereocenters. The Hall–Kier alpha value is -7.87. The number of carbonyl (C=O) groups excluding carboxylic acids is 5. The maximum Gasteiger partial charge on any atom is 0.316 e. The van der Waals surface area contributed by atoms with E-state index in [-0.39, 0.29) is 55.3 Å². The van der Waals surface area contributed by atoms with Crippen LogP contribution in [-0.2, 0) is 9.53 Å². The molecule has 0 radical (unpaired) electrons. The average molecular weight is 841 g/mol. The van der Waals surface area contributed by atoms with Crippen molar-refractivity contribution < 1.29 is 28.7 Å². The second-order valence-corrected chi connectivity index (χ2v) is 14.6. The molecule has 0 aliphatic carbocycles. The number of ether oxygens (including phenoxy) is 1. The van der Waals surface area contributed by atoms with Gasteiger partial charge in [0.05, 0.1) is 18.0 Å². The molecule has 8 aromatic rings. The van der Waals surface area contributed by atoms with E-state index < -0.39 is 17.7 Å². The third kappa shape index (κ3) is 9.86. The summed E-state index contributed by atoms with van der Waals surface area (Å²) in [6, 6.07) is 25.6. The zero-order chi connectivity index (χ0) is 44.3. The van der Waals surface area contributed by atoms with E-state index in [0.717, 1.165) is 27.9 Å². The molecule has 0 spiro atoms. The van der Waals surface area contributed by atoms with Gasteiger partial charge in [-0.15, -0.1) is 0 Å². The number of nitrogens with zero attached hydrogens (tertiary/aromatic N) is 8. The summed E-state index contributed by atoms with van der Waals surface area (Å²) in [5.74, 6) is -2.68. The van der Waals surface area contributed by atoms with E-state index in [0.29, 0.717) is 40.5 Å². The Labute approximate surface area is 363 Å². The monoisotopic (exact) mass is 840 g/mol. The van der Waals surface area contributed by atoms with Crippen LogP contribution < -0.4 is 0 Å². The first-order chi connectivity index (χ1) is 30.7. The minimum Gasteiger partial charge on any atom is -0.465 e. The van der Waals surface area contributed by atoms with Crippen molar-refractivity contribution >= 4 is 40.4 Å². The molecule has 0 aromatic carbocycles. The third-order valence-corrected chi connectivity index (χ3v) is 10.4. The summed E-state index contributed by atoms with van der Waals surface area (Å²) in [5, 5.41) is 0. The zero-order valence-electron chi connectivity index (χ0n) is 35.0. The van der Waals surface area contributed by atoms with Crippen LogP contribution in [0.5, 0.6) is 0 Å². The lowest BCUT2D eigenvalue weighted by Gasteiger charge is -2.14. The molecule has 63 heavy (non-hydrogen) atoms. The summed E-state index contributed by atoms with van der Waals surface area (Å²) < 4.78 is 8.90. The van der Waals surface area contributed by atoms with E-state index in [1.807, 2.05) is 72.2 Å². The van der Waals surface area contributed by atoms with Gasteiger partial charge in [-0.2, -0.15) is 0 Å². The molecule has 0 N–H and O–H groups in total. The smallest absolute Gasteiger partial charge is 0.316 e. The van der Waals surface area contributed by atoms with Crippen LogP contribution in [0.4, 0.5) is 0 Å². The number of ketones is 4. The Morgan fingerprint density at radius 1 is 0.556 bits per heavy atom. The predicted molar refractivity (Wildman–Crippen MR) is 235 cm³/mol. The van der Waals surface area contributed by atoms with Gasteiger partial charge in [0, 0.05) is 80.0 Å². The van der Waals surface area contributed by atoms with Crippen LogP contribution in [0.1, 0.15) is 92.1 Å². The average Bonchev–Trinajstić information content (AvgIpc) is 3.90. The second-order valence-electron chi connectivity index (χ2n) is 14.6. The van der Waals surface area contributed by atoms with Gasteiger partial charge in [0.25, 0.3) is 0 Å². The standard InChI is InChI=1S/C26H24N4O4.C23H20N4O2/c1-3-34-26(33)19(9-10-20(31)22-17(2)7-6-13-28-22)25(32)23-24(18-11-14-27-15-12-18)30-16-5-4-8-21(30)29-23;1-16-6-5-12-25-21(16)18(28)7-4-8-19(29)22-23(17-10-13-24-14-11-17)27-15-3-2-9-20(27)26-22/h4-8,11-16,19H,3,9-10H2,1-2H3;2-3,5-6,9-15H,4,7-8H2,1H3. The van der Waals surface area contributed by atoms with Crippen LogP contribution in [0.2, 0.25) is 0 Å². The highest BCUT2D eigenvalue weighted by Gasteiger charge is 2.34. The Balaban J connectivity index is 0.000000191. The summed E-state index contributed by atoms with van der Waals surface area (Å²) in [4.78, 5) is 90.2. The summed E-state index contributed by atoms with van der Waals surface area (Å²) in [5.41, 5.74) is 7.18. The fourth-order valence-electron chi connectivity index (χ4n) is 7.29. The van der Waals surface area contributed by atoms with Crippen molar-refractivity contribution in [2.75, 3.05) is 6.61 Å². The quantitative estimate of drug-likeness (QED) is 0.0515. The van der Waals surface area contributed by atoms with Crippen LogP contribution in [0.25, 0.3) is 33.8 Å². The molecule has 8 aromatic heterocycles. The van der Waals surface area contributed by atoms with Crippen LogP contribution in [0.3, 0.4) is 0 Å². The third-order valence-electron chi connectivity index (χ3n) is 10.4. The van der Waals surface area contributed by atoms with E-state index in [4.69, 9.17) is 4.74 Å². The number of imidazole rings is 2. The second kappa shape index (κ2) is 20.1. The van der Waals surface area contributed by atoms with Crippen LogP contribution >= 0.6 is 0 Å². The summed E-state index contributed by atoms with van der Waals surface area (Å²) in [6.45, 7) is 5.46. The molecule has 0 aliphatic heterocycles. The lowest BCUT2D eigenvalue weighted by molar-refractivity contribution is -0.146. The first-order valence-electron chi connectivity index (χ1n) is 20.5. The zero-order valence-corrected chi connectivity index (χ0v) is 35.0. The van der Waals surface area contributed by atoms with E-state index >= 15 is 0 Å². The molecule has 1 unspecified atom stereocenters. The predicted octanol–water partition coefficient (Wildman–Crippen LogP) is 8.46. The van der Waals surface area contributed by atoms with Crippen molar-refractivity contribution in [2.24, 2.45) is 5.92 Å². The van der Waals surface area contributed by atoms with Crippen molar-refractivity contribution in [3.8, 4) is 22.5 Å². The largest absolute Gasteiger partial charge is 0.465 e. The number of rotatable bonds is 16. The molecule has 0 amide bonds. The first kappa shape index (κ1) is 43.2. The Kier molecular flexibility index (Phi) is 13.8. The van der Waals surface area contributed by atoms with Crippen molar-refractivity contribution in [3.63, 3.8) is 0 Å². The first-order valence-corrected chi connectivity index (χ1v) is 20.5. The number of esters is 1. The molecule has 0 bridgehead atoms. The van der Waals surface area contributed by atoms with Gasteiger partial charge in [-0.1, -0.05) is 24.3 Å². The normalized spacial score (nSPS) is 11.4. The number of aryl methyl sites for hydroxylation is 2. The van der Waals surface area contributed by atoms with Crippen molar-refractivity contribution in [2.45, 2.75) is 52.9 Å². The van der Waals surface area contributed by atoms with Crippen molar-refractivity contribution in [3.05, 3.63) is 168 Å². The lowest BCUT2D eigenvalue weighted by Crippen LogP contribution is -2.28. The van der Waals surface area contributed by atoms with Crippen LogP contribution in [0, 0.1) is 19.8 Å². The summed E-state index contributed by atoms with van der Waals surface area (Å²) >= 11 is 0. The lowest BCUT2D eigenvalue weighted by atomic mass is 9.92. The molecule has 0 fully saturated rings. The van der Waals surface area contributed by atoms with Gasteiger partial charge < -0.3 is 4.74 Å². The highest BCUT2D eigenvalue weighted by atomic mass is 16.5. The fourth-order valence-corrected chi connectivity index (χ4v) is 7.29. The van der Waals surface area contributed by atoms with Gasteiger partial charge in [-0.25, -0.2) is 9.97 Å². The molecular weight excluding hydrogens is 797 g/mol. The van der Waals surface area contributed by atoms with Gasteiger partial charge in [0.1, 0.15) is 40.0 Å². The molecule has 8 heterocycles. The maximum atomic E-state index is 13.7. The van der Waals surface area contributed by atoms with E-state index in [9.17, 15) is 24.0 Å². The molecule has 0 saturated carbocycles. The number of hydrogen-bond acceptors (Lipinski definition) is 12. The highest BCUT2D eigenvalue weighted by molar-refractivity contribution is 6.11. The minimum atomic E-state index is -1.17. The highest BCUT2D eigenvalue weighted by Crippen LogP contribution is 2.30. The molecule has 0 aliphatic rings. The van der Waals surface area contributed by atoms with E-state index in [1.165, 1.54) is 0 Å². The molecule has 14 heteroatoms.